The van der Waals surface area contributed by atoms with E-state index in [0.717, 1.165) is 24.5 Å². The fourth-order valence-electron chi connectivity index (χ4n) is 2.13. The molecule has 0 aliphatic carbocycles. The summed E-state index contributed by atoms with van der Waals surface area (Å²) in [6.07, 6.45) is 5.53. The summed E-state index contributed by atoms with van der Waals surface area (Å²) in [4.78, 5) is 4.28. The van der Waals surface area contributed by atoms with E-state index < -0.39 is 6.10 Å². The molecule has 1 N–H and O–H groups in total. The molecule has 2 heterocycles. The predicted octanol–water partition coefficient (Wildman–Crippen LogP) is 2.22. The first-order chi connectivity index (χ1) is 7.17. The molecule has 1 aliphatic heterocycles. The van der Waals surface area contributed by atoms with Gasteiger partial charge in [0.1, 0.15) is 11.9 Å². The monoisotopic (exact) mass is 226 g/mol. The molecule has 15 heavy (non-hydrogen) atoms. The molecule has 1 aromatic rings. The highest BCUT2D eigenvalue weighted by atomic mass is 32.2. The summed E-state index contributed by atoms with van der Waals surface area (Å²) in [6.45, 7) is 5.08. The first-order valence-electron chi connectivity index (χ1n) is 5.50. The number of aliphatic hydroxyl groups is 1. The molecule has 1 fully saturated rings. The van der Waals surface area contributed by atoms with E-state index in [1.807, 2.05) is 22.5 Å². The van der Waals surface area contributed by atoms with Crippen LogP contribution in [0.3, 0.4) is 0 Å². The van der Waals surface area contributed by atoms with Gasteiger partial charge in [0.25, 0.3) is 0 Å². The van der Waals surface area contributed by atoms with Gasteiger partial charge in [0.15, 0.2) is 0 Å². The van der Waals surface area contributed by atoms with Crippen LogP contribution in [0, 0.1) is 0 Å². The highest BCUT2D eigenvalue weighted by molar-refractivity contribution is 8.00. The van der Waals surface area contributed by atoms with Crippen molar-refractivity contribution in [3.63, 3.8) is 0 Å². The smallest absolute Gasteiger partial charge is 0.139 e. The standard InChI is InChI=1S/C11H18N2OS/c1-3-13-7-6-12-10(13)9(14)11(2)5-4-8-15-11/h6-7,9,14H,3-5,8H2,1-2H3. The van der Waals surface area contributed by atoms with Crippen molar-refractivity contribution in [2.75, 3.05) is 5.75 Å². The van der Waals surface area contributed by atoms with Crippen molar-refractivity contribution in [3.8, 4) is 0 Å². The van der Waals surface area contributed by atoms with E-state index in [0.29, 0.717) is 0 Å². The van der Waals surface area contributed by atoms with Crippen LogP contribution in [0.5, 0.6) is 0 Å². The summed E-state index contributed by atoms with van der Waals surface area (Å²) in [5.74, 6) is 1.97. The number of hydrogen-bond donors (Lipinski definition) is 1. The summed E-state index contributed by atoms with van der Waals surface area (Å²) in [7, 11) is 0. The predicted molar refractivity (Wildman–Crippen MR) is 63.0 cm³/mol. The van der Waals surface area contributed by atoms with Crippen LogP contribution in [0.25, 0.3) is 0 Å². The number of hydrogen-bond acceptors (Lipinski definition) is 3. The molecular weight excluding hydrogens is 208 g/mol. The Morgan fingerprint density at radius 2 is 2.53 bits per heavy atom. The summed E-state index contributed by atoms with van der Waals surface area (Å²) >= 11 is 1.87. The van der Waals surface area contributed by atoms with Gasteiger partial charge in [0.2, 0.25) is 0 Å². The van der Waals surface area contributed by atoms with Gasteiger partial charge in [-0.3, -0.25) is 0 Å². The Hall–Kier alpha value is -0.480. The number of thioether (sulfide) groups is 1. The Bertz CT molecular complexity index is 331. The van der Waals surface area contributed by atoms with E-state index in [9.17, 15) is 5.11 Å². The molecule has 1 saturated heterocycles. The molecule has 0 aromatic carbocycles. The van der Waals surface area contributed by atoms with Crippen molar-refractivity contribution in [3.05, 3.63) is 18.2 Å². The summed E-state index contributed by atoms with van der Waals surface area (Å²) in [6, 6.07) is 0. The molecule has 2 unspecified atom stereocenters. The summed E-state index contributed by atoms with van der Waals surface area (Å²) in [5.41, 5.74) is 0. The normalized spacial score (nSPS) is 28.2. The molecular formula is C11H18N2OS. The Kier molecular flexibility index (Phi) is 3.07. The second kappa shape index (κ2) is 4.18. The lowest BCUT2D eigenvalue weighted by molar-refractivity contribution is 0.122. The Balaban J connectivity index is 2.23. The van der Waals surface area contributed by atoms with E-state index in [4.69, 9.17) is 0 Å². The molecule has 0 spiro atoms. The molecule has 4 heteroatoms. The first-order valence-corrected chi connectivity index (χ1v) is 6.49. The minimum absolute atomic E-state index is 0.0434. The van der Waals surface area contributed by atoms with Crippen LogP contribution in [0.4, 0.5) is 0 Å². The lowest BCUT2D eigenvalue weighted by Crippen LogP contribution is -2.28. The van der Waals surface area contributed by atoms with E-state index in [1.54, 1.807) is 6.20 Å². The number of aryl methyl sites for hydroxylation is 1. The fourth-order valence-corrected chi connectivity index (χ4v) is 3.43. The molecule has 84 valence electrons. The number of nitrogens with zero attached hydrogens (tertiary/aromatic N) is 2. The average molecular weight is 226 g/mol. The number of aromatic nitrogens is 2. The molecule has 0 radical (unpaired) electrons. The van der Waals surface area contributed by atoms with Gasteiger partial charge in [-0.05, 0) is 32.4 Å². The van der Waals surface area contributed by atoms with E-state index in [2.05, 4.69) is 18.8 Å². The molecule has 0 amide bonds. The van der Waals surface area contributed by atoms with Crippen LogP contribution in [-0.4, -0.2) is 25.2 Å². The zero-order valence-corrected chi connectivity index (χ0v) is 10.1. The SMILES string of the molecule is CCn1ccnc1C(O)C1(C)CCCS1. The Labute approximate surface area is 94.9 Å². The molecule has 0 saturated carbocycles. The van der Waals surface area contributed by atoms with Crippen LogP contribution < -0.4 is 0 Å². The molecule has 2 rings (SSSR count). The third kappa shape index (κ3) is 1.93. The van der Waals surface area contributed by atoms with E-state index in [-0.39, 0.29) is 4.75 Å². The highest BCUT2D eigenvalue weighted by Crippen LogP contribution is 2.46. The molecule has 2 atom stereocenters. The molecule has 1 aromatic heterocycles. The summed E-state index contributed by atoms with van der Waals surface area (Å²) in [5, 5.41) is 10.4. The van der Waals surface area contributed by atoms with Crippen molar-refractivity contribution >= 4 is 11.8 Å². The Morgan fingerprint density at radius 3 is 3.13 bits per heavy atom. The topological polar surface area (TPSA) is 38.0 Å². The van der Waals surface area contributed by atoms with Gasteiger partial charge in [-0.25, -0.2) is 4.98 Å². The largest absolute Gasteiger partial charge is 0.384 e. The second-order valence-corrected chi connectivity index (χ2v) is 5.87. The third-order valence-electron chi connectivity index (χ3n) is 3.16. The van der Waals surface area contributed by atoms with Gasteiger partial charge in [0, 0.05) is 23.7 Å². The maximum atomic E-state index is 10.4. The fraction of sp³-hybridized carbons (Fsp3) is 0.727. The van der Waals surface area contributed by atoms with Gasteiger partial charge in [-0.2, -0.15) is 11.8 Å². The van der Waals surface area contributed by atoms with Crippen LogP contribution >= 0.6 is 11.8 Å². The molecule has 3 nitrogen and oxygen atoms in total. The van der Waals surface area contributed by atoms with Crippen LogP contribution in [0.2, 0.25) is 0 Å². The van der Waals surface area contributed by atoms with Crippen molar-refractivity contribution in [2.24, 2.45) is 0 Å². The van der Waals surface area contributed by atoms with Gasteiger partial charge >= 0.3 is 0 Å². The lowest BCUT2D eigenvalue weighted by atomic mass is 9.98. The zero-order valence-electron chi connectivity index (χ0n) is 9.31. The van der Waals surface area contributed by atoms with Crippen molar-refractivity contribution in [1.29, 1.82) is 0 Å². The zero-order chi connectivity index (χ0) is 10.9. The van der Waals surface area contributed by atoms with E-state index in [1.165, 1.54) is 6.42 Å². The first kappa shape index (κ1) is 11.0. The van der Waals surface area contributed by atoms with Crippen molar-refractivity contribution in [2.45, 2.75) is 44.1 Å². The van der Waals surface area contributed by atoms with Crippen LogP contribution in [-0.2, 0) is 6.54 Å². The van der Waals surface area contributed by atoms with Crippen molar-refractivity contribution < 1.29 is 5.11 Å². The van der Waals surface area contributed by atoms with Gasteiger partial charge < -0.3 is 9.67 Å². The molecule has 1 aliphatic rings. The number of imidazole rings is 1. The van der Waals surface area contributed by atoms with Crippen LogP contribution in [0.15, 0.2) is 12.4 Å². The van der Waals surface area contributed by atoms with E-state index >= 15 is 0 Å². The quantitative estimate of drug-likeness (QED) is 0.859. The maximum Gasteiger partial charge on any atom is 0.139 e. The lowest BCUT2D eigenvalue weighted by Gasteiger charge is -2.28. The van der Waals surface area contributed by atoms with Gasteiger partial charge in [-0.1, -0.05) is 0 Å². The number of rotatable bonds is 3. The summed E-state index contributed by atoms with van der Waals surface area (Å²) < 4.78 is 1.98. The van der Waals surface area contributed by atoms with Gasteiger partial charge in [-0.15, -0.1) is 0 Å². The third-order valence-corrected chi connectivity index (χ3v) is 4.74. The highest BCUT2D eigenvalue weighted by Gasteiger charge is 2.39. The van der Waals surface area contributed by atoms with Crippen molar-refractivity contribution in [1.82, 2.24) is 9.55 Å². The van der Waals surface area contributed by atoms with Crippen LogP contribution in [0.1, 0.15) is 38.6 Å². The average Bonchev–Trinajstić information content (AvgIpc) is 2.85. The second-order valence-electron chi connectivity index (χ2n) is 4.24. The van der Waals surface area contributed by atoms with Gasteiger partial charge in [0.05, 0.1) is 0 Å². The minimum atomic E-state index is -0.444. The number of aliphatic hydroxyl groups excluding tert-OH is 1. The molecule has 0 bridgehead atoms. The Morgan fingerprint density at radius 1 is 1.73 bits per heavy atom. The maximum absolute atomic E-state index is 10.4. The minimum Gasteiger partial charge on any atom is -0.384 e.